The van der Waals surface area contributed by atoms with Crippen LogP contribution in [0.3, 0.4) is 0 Å². The van der Waals surface area contributed by atoms with E-state index in [4.69, 9.17) is 0 Å². The lowest BCUT2D eigenvalue weighted by atomic mass is 9.84. The number of Topliss-reactive ketones (excluding diaryl/α,β-unsaturated/α-hetero) is 1. The van der Waals surface area contributed by atoms with Crippen LogP contribution in [0.2, 0.25) is 0 Å². The number of rotatable bonds is 7. The molecule has 0 amide bonds. The van der Waals surface area contributed by atoms with Gasteiger partial charge in [-0.1, -0.05) is 73.5 Å². The zero-order chi connectivity index (χ0) is 17.7. The van der Waals surface area contributed by atoms with Gasteiger partial charge in [0.25, 0.3) is 0 Å². The molecule has 0 spiro atoms. The van der Waals surface area contributed by atoms with Crippen molar-refractivity contribution in [3.63, 3.8) is 0 Å². The van der Waals surface area contributed by atoms with E-state index in [0.717, 1.165) is 24.2 Å². The lowest BCUT2D eigenvalue weighted by molar-refractivity contribution is 0.00969. The van der Waals surface area contributed by atoms with Crippen molar-refractivity contribution in [1.29, 1.82) is 0 Å². The van der Waals surface area contributed by atoms with Gasteiger partial charge in [0.05, 0.1) is 0 Å². The summed E-state index contributed by atoms with van der Waals surface area (Å²) in [7, 11) is 0. The summed E-state index contributed by atoms with van der Waals surface area (Å²) in [6, 6.07) is 15.0. The van der Waals surface area contributed by atoms with E-state index in [2.05, 4.69) is 4.90 Å². The predicted octanol–water partition coefficient (Wildman–Crippen LogP) is 3.72. The third-order valence-electron chi connectivity index (χ3n) is 4.57. The Labute approximate surface area is 144 Å². The Morgan fingerprint density at radius 3 is 1.83 bits per heavy atom. The Hall–Kier alpha value is -1.97. The number of carbonyl (C=O) groups is 1. The highest BCUT2D eigenvalue weighted by Gasteiger charge is 2.39. The third-order valence-corrected chi connectivity index (χ3v) is 4.57. The first kappa shape index (κ1) is 18.4. The van der Waals surface area contributed by atoms with Crippen LogP contribution in [0.25, 0.3) is 0 Å². The predicted molar refractivity (Wildman–Crippen MR) is 98.4 cm³/mol. The number of hydrogen-bond acceptors (Lipinski definition) is 3. The van der Waals surface area contributed by atoms with Gasteiger partial charge in [0, 0.05) is 12.1 Å². The summed E-state index contributed by atoms with van der Waals surface area (Å²) in [6.45, 7) is 9.91. The van der Waals surface area contributed by atoms with E-state index in [1.165, 1.54) is 0 Å². The van der Waals surface area contributed by atoms with E-state index >= 15 is 0 Å². The van der Waals surface area contributed by atoms with Gasteiger partial charge in [-0.15, -0.1) is 0 Å². The van der Waals surface area contributed by atoms with Gasteiger partial charge in [-0.2, -0.15) is 0 Å². The second kappa shape index (κ2) is 7.73. The van der Waals surface area contributed by atoms with Gasteiger partial charge >= 0.3 is 0 Å². The molecule has 0 heterocycles. The summed E-state index contributed by atoms with van der Waals surface area (Å²) in [4.78, 5) is 15.2. The van der Waals surface area contributed by atoms with E-state index in [0.29, 0.717) is 11.1 Å². The monoisotopic (exact) mass is 325 g/mol. The fourth-order valence-electron chi connectivity index (χ4n) is 2.84. The SMILES string of the molecule is CCN(CC)CC(O)(C(=O)c1ccc(C)cc1)c1ccc(C)cc1. The first-order valence-corrected chi connectivity index (χ1v) is 8.54. The van der Waals surface area contributed by atoms with E-state index < -0.39 is 5.60 Å². The highest BCUT2D eigenvalue weighted by molar-refractivity contribution is 6.03. The molecule has 3 nitrogen and oxygen atoms in total. The molecule has 1 N–H and O–H groups in total. The van der Waals surface area contributed by atoms with Gasteiger partial charge in [-0.25, -0.2) is 0 Å². The Morgan fingerprint density at radius 1 is 0.917 bits per heavy atom. The average Bonchev–Trinajstić information content (AvgIpc) is 2.60. The van der Waals surface area contributed by atoms with Gasteiger partial charge in [-0.3, -0.25) is 4.79 Å². The van der Waals surface area contributed by atoms with Crippen molar-refractivity contribution in [1.82, 2.24) is 4.90 Å². The first-order chi connectivity index (χ1) is 11.4. The van der Waals surface area contributed by atoms with Crippen molar-refractivity contribution in [2.45, 2.75) is 33.3 Å². The minimum Gasteiger partial charge on any atom is -0.376 e. The van der Waals surface area contributed by atoms with Crippen molar-refractivity contribution in [3.8, 4) is 0 Å². The summed E-state index contributed by atoms with van der Waals surface area (Å²) in [6.07, 6.45) is 0. The van der Waals surface area contributed by atoms with E-state index in [1.807, 2.05) is 64.1 Å². The summed E-state index contributed by atoms with van der Waals surface area (Å²) in [5, 5.41) is 11.4. The molecule has 128 valence electrons. The number of aliphatic hydroxyl groups is 1. The van der Waals surface area contributed by atoms with Gasteiger partial charge in [0.1, 0.15) is 0 Å². The Balaban J connectivity index is 2.46. The maximum Gasteiger partial charge on any atom is 0.200 e. The maximum absolute atomic E-state index is 13.2. The Kier molecular flexibility index (Phi) is 5.92. The van der Waals surface area contributed by atoms with Gasteiger partial charge in [-0.05, 0) is 32.5 Å². The van der Waals surface area contributed by atoms with Gasteiger partial charge in [0.2, 0.25) is 0 Å². The zero-order valence-corrected chi connectivity index (χ0v) is 15.0. The molecule has 0 saturated carbocycles. The van der Waals surface area contributed by atoms with Crippen molar-refractivity contribution in [3.05, 3.63) is 70.8 Å². The van der Waals surface area contributed by atoms with Crippen LogP contribution < -0.4 is 0 Å². The summed E-state index contributed by atoms with van der Waals surface area (Å²) in [5.74, 6) is -0.252. The van der Waals surface area contributed by atoms with Gasteiger partial charge < -0.3 is 10.0 Å². The normalized spacial score (nSPS) is 13.8. The van der Waals surface area contributed by atoms with Crippen LogP contribution in [-0.2, 0) is 5.60 Å². The highest BCUT2D eigenvalue weighted by Crippen LogP contribution is 2.28. The van der Waals surface area contributed by atoms with Crippen LogP contribution in [0.1, 0.15) is 40.9 Å². The van der Waals surface area contributed by atoms with Gasteiger partial charge in [0.15, 0.2) is 11.4 Å². The molecule has 0 fully saturated rings. The molecular weight excluding hydrogens is 298 g/mol. The third kappa shape index (κ3) is 3.92. The topological polar surface area (TPSA) is 40.5 Å². The zero-order valence-electron chi connectivity index (χ0n) is 15.0. The summed E-state index contributed by atoms with van der Waals surface area (Å²) in [5.41, 5.74) is 1.83. The van der Waals surface area contributed by atoms with Crippen molar-refractivity contribution >= 4 is 5.78 Å². The largest absolute Gasteiger partial charge is 0.376 e. The smallest absolute Gasteiger partial charge is 0.200 e. The first-order valence-electron chi connectivity index (χ1n) is 8.54. The molecule has 0 aliphatic heterocycles. The lowest BCUT2D eigenvalue weighted by Gasteiger charge is -2.33. The number of likely N-dealkylation sites (N-methyl/N-ethyl adjacent to an activating group) is 1. The van der Waals surface area contributed by atoms with Crippen molar-refractivity contribution in [2.24, 2.45) is 0 Å². The molecule has 2 rings (SSSR count). The number of ketones is 1. The highest BCUT2D eigenvalue weighted by atomic mass is 16.3. The second-order valence-corrected chi connectivity index (χ2v) is 6.38. The minimum atomic E-state index is -1.55. The number of aryl methyl sites for hydroxylation is 2. The van der Waals surface area contributed by atoms with Crippen molar-refractivity contribution < 1.29 is 9.90 Å². The fraction of sp³-hybridized carbons (Fsp3) is 0.381. The lowest BCUT2D eigenvalue weighted by Crippen LogP contribution is -2.46. The fourth-order valence-corrected chi connectivity index (χ4v) is 2.84. The number of carbonyl (C=O) groups excluding carboxylic acids is 1. The average molecular weight is 325 g/mol. The van der Waals surface area contributed by atoms with Crippen LogP contribution in [0, 0.1) is 13.8 Å². The van der Waals surface area contributed by atoms with E-state index in [-0.39, 0.29) is 12.3 Å². The maximum atomic E-state index is 13.2. The molecule has 2 aromatic rings. The van der Waals surface area contributed by atoms with Crippen LogP contribution in [-0.4, -0.2) is 35.4 Å². The van der Waals surface area contributed by atoms with E-state index in [1.54, 1.807) is 12.1 Å². The molecule has 24 heavy (non-hydrogen) atoms. The summed E-state index contributed by atoms with van der Waals surface area (Å²) >= 11 is 0. The number of nitrogens with zero attached hydrogens (tertiary/aromatic N) is 1. The molecule has 0 aromatic heterocycles. The van der Waals surface area contributed by atoms with Crippen LogP contribution in [0.15, 0.2) is 48.5 Å². The summed E-state index contributed by atoms with van der Waals surface area (Å²) < 4.78 is 0. The molecule has 1 atom stereocenters. The molecule has 0 aliphatic rings. The molecule has 2 aromatic carbocycles. The molecule has 0 radical (unpaired) electrons. The number of benzene rings is 2. The van der Waals surface area contributed by atoms with Crippen LogP contribution in [0.5, 0.6) is 0 Å². The van der Waals surface area contributed by atoms with Crippen LogP contribution >= 0.6 is 0 Å². The minimum absolute atomic E-state index is 0.252. The molecule has 1 unspecified atom stereocenters. The van der Waals surface area contributed by atoms with E-state index in [9.17, 15) is 9.90 Å². The van der Waals surface area contributed by atoms with Crippen LogP contribution in [0.4, 0.5) is 0 Å². The Morgan fingerprint density at radius 2 is 1.38 bits per heavy atom. The second-order valence-electron chi connectivity index (χ2n) is 6.38. The number of hydrogen-bond donors (Lipinski definition) is 1. The molecule has 0 saturated heterocycles. The molecule has 0 aliphatic carbocycles. The molecule has 3 heteroatoms. The standard InChI is InChI=1S/C21H27NO2/c1-5-22(6-2)15-21(24,19-13-9-17(4)10-14-19)20(23)18-11-7-16(3)8-12-18/h7-14,24H,5-6,15H2,1-4H3. The Bertz CT molecular complexity index is 672. The van der Waals surface area contributed by atoms with Crippen molar-refractivity contribution in [2.75, 3.05) is 19.6 Å². The quantitative estimate of drug-likeness (QED) is 0.789. The molecule has 0 bridgehead atoms. The molecular formula is C21H27NO2.